The van der Waals surface area contributed by atoms with E-state index in [1.807, 2.05) is 6.07 Å². The van der Waals surface area contributed by atoms with E-state index in [2.05, 4.69) is 15.6 Å². The number of hydrogen-bond donors (Lipinski definition) is 2. The molecule has 2 N–H and O–H groups in total. The lowest BCUT2D eigenvalue weighted by atomic mass is 9.95. The Morgan fingerprint density at radius 2 is 2.25 bits per heavy atom. The summed E-state index contributed by atoms with van der Waals surface area (Å²) < 4.78 is 10.8. The summed E-state index contributed by atoms with van der Waals surface area (Å²) in [5, 5.41) is 7.34. The number of rotatable bonds is 5. The van der Waals surface area contributed by atoms with Gasteiger partial charge in [-0.15, -0.1) is 0 Å². The quantitative estimate of drug-likeness (QED) is 0.871. The first-order valence-electron chi connectivity index (χ1n) is 8.06. The van der Waals surface area contributed by atoms with Crippen LogP contribution in [0.5, 0.6) is 16.7 Å². The maximum Gasteiger partial charge on any atom is 0.261 e. The molecule has 7 heteroatoms. The molecule has 0 aliphatic carbocycles. The van der Waals surface area contributed by atoms with E-state index in [0.717, 1.165) is 12.8 Å². The van der Waals surface area contributed by atoms with Crippen LogP contribution in [0, 0.1) is 0 Å². The molecular weight excluding hydrogens is 326 g/mol. The van der Waals surface area contributed by atoms with Crippen molar-refractivity contribution in [3.63, 3.8) is 0 Å². The molecule has 3 atom stereocenters. The Balaban J connectivity index is 1.37. The Morgan fingerprint density at radius 3 is 2.92 bits per heavy atom. The first-order chi connectivity index (χ1) is 11.7. The normalized spacial score (nSPS) is 24.8. The first-order valence-corrected chi connectivity index (χ1v) is 8.87. The van der Waals surface area contributed by atoms with Gasteiger partial charge in [0.15, 0.2) is 5.06 Å². The van der Waals surface area contributed by atoms with E-state index in [4.69, 9.17) is 9.47 Å². The molecule has 4 heterocycles. The fourth-order valence-electron chi connectivity index (χ4n) is 3.38. The Kier molecular flexibility index (Phi) is 4.12. The number of nitrogens with one attached hydrogen (secondary N) is 2. The molecule has 0 saturated carbocycles. The molecule has 6 nitrogen and oxygen atoms in total. The average molecular weight is 345 g/mol. The minimum Gasteiger partial charge on any atom is -0.481 e. The predicted octanol–water partition coefficient (Wildman–Crippen LogP) is 2.57. The van der Waals surface area contributed by atoms with Crippen LogP contribution in [-0.4, -0.2) is 36.1 Å². The van der Waals surface area contributed by atoms with E-state index in [0.29, 0.717) is 33.7 Å². The maximum atomic E-state index is 12.4. The van der Waals surface area contributed by atoms with Crippen LogP contribution in [0.3, 0.4) is 0 Å². The van der Waals surface area contributed by atoms with Crippen LogP contribution in [0.15, 0.2) is 30.5 Å². The highest BCUT2D eigenvalue weighted by Crippen LogP contribution is 2.31. The monoisotopic (exact) mass is 345 g/mol. The highest BCUT2D eigenvalue weighted by molar-refractivity contribution is 7.15. The molecule has 2 aromatic rings. The molecule has 0 aromatic carbocycles. The summed E-state index contributed by atoms with van der Waals surface area (Å²) in [5.74, 6) is 1.12. The predicted molar refractivity (Wildman–Crippen MR) is 91.0 cm³/mol. The highest BCUT2D eigenvalue weighted by atomic mass is 32.1. The number of amides is 1. The minimum atomic E-state index is -0.0259. The Labute approximate surface area is 144 Å². The summed E-state index contributed by atoms with van der Waals surface area (Å²) in [4.78, 5) is 17.2. The summed E-state index contributed by atoms with van der Waals surface area (Å²) in [6.07, 6.45) is 5.00. The van der Waals surface area contributed by atoms with E-state index < -0.39 is 0 Å². The highest BCUT2D eigenvalue weighted by Gasteiger charge is 2.39. The van der Waals surface area contributed by atoms with Crippen molar-refractivity contribution in [1.29, 1.82) is 0 Å². The van der Waals surface area contributed by atoms with Crippen LogP contribution in [0.25, 0.3) is 0 Å². The van der Waals surface area contributed by atoms with E-state index in [-0.39, 0.29) is 11.9 Å². The fourth-order valence-corrected chi connectivity index (χ4v) is 4.16. The van der Waals surface area contributed by atoms with Crippen LogP contribution in [0.4, 0.5) is 0 Å². The van der Waals surface area contributed by atoms with Crippen LogP contribution < -0.4 is 20.1 Å². The summed E-state index contributed by atoms with van der Waals surface area (Å²) >= 11 is 1.34. The summed E-state index contributed by atoms with van der Waals surface area (Å²) in [7, 11) is 1.57. The number of nitrogens with zero attached hydrogens (tertiary/aromatic N) is 1. The van der Waals surface area contributed by atoms with Crippen molar-refractivity contribution in [2.45, 2.75) is 37.4 Å². The molecule has 2 saturated heterocycles. The van der Waals surface area contributed by atoms with Gasteiger partial charge in [0.05, 0.1) is 18.2 Å². The average Bonchev–Trinajstić information content (AvgIpc) is 3.32. The van der Waals surface area contributed by atoms with Gasteiger partial charge in [0.1, 0.15) is 5.75 Å². The van der Waals surface area contributed by atoms with Gasteiger partial charge in [0, 0.05) is 24.2 Å². The Hall–Kier alpha value is -2.12. The summed E-state index contributed by atoms with van der Waals surface area (Å²) in [6, 6.07) is 8.37. The zero-order chi connectivity index (χ0) is 16.5. The lowest BCUT2D eigenvalue weighted by molar-refractivity contribution is 0.0935. The molecule has 126 valence electrons. The molecular formula is C17H19N3O3S. The largest absolute Gasteiger partial charge is 0.481 e. The standard InChI is InChI=1S/C17H19N3O3S/c1-22-15-6-3-11(9-18-15)23-16-7-5-14(24-16)17(21)20-13-8-10-2-4-12(13)19-10/h3,5-7,9-10,12-13,19H,2,4,8H2,1H3,(H,20,21)/t10-,12+,13-/m1/s1. The van der Waals surface area contributed by atoms with Crippen molar-refractivity contribution >= 4 is 17.2 Å². The van der Waals surface area contributed by atoms with Crippen LogP contribution in [0.1, 0.15) is 28.9 Å². The van der Waals surface area contributed by atoms with Gasteiger partial charge in [-0.05, 0) is 37.5 Å². The molecule has 2 aromatic heterocycles. The molecule has 2 bridgehead atoms. The van der Waals surface area contributed by atoms with Crippen LogP contribution in [-0.2, 0) is 0 Å². The van der Waals surface area contributed by atoms with Gasteiger partial charge in [-0.3, -0.25) is 4.79 Å². The molecule has 1 amide bonds. The van der Waals surface area contributed by atoms with Crippen LogP contribution >= 0.6 is 11.3 Å². The van der Waals surface area contributed by atoms with Crippen molar-refractivity contribution in [3.8, 4) is 16.7 Å². The van der Waals surface area contributed by atoms with E-state index in [9.17, 15) is 4.79 Å². The molecule has 2 aliphatic rings. The lowest BCUT2D eigenvalue weighted by Crippen LogP contribution is -2.42. The van der Waals surface area contributed by atoms with Crippen molar-refractivity contribution in [2.75, 3.05) is 7.11 Å². The van der Waals surface area contributed by atoms with Gasteiger partial charge in [0.25, 0.3) is 5.91 Å². The third-order valence-corrected chi connectivity index (χ3v) is 5.52. The smallest absolute Gasteiger partial charge is 0.261 e. The topological polar surface area (TPSA) is 72.5 Å². The number of aromatic nitrogens is 1. The van der Waals surface area contributed by atoms with Gasteiger partial charge in [0.2, 0.25) is 5.88 Å². The van der Waals surface area contributed by atoms with Gasteiger partial charge in [-0.25, -0.2) is 4.98 Å². The zero-order valence-corrected chi connectivity index (χ0v) is 14.1. The first kappa shape index (κ1) is 15.4. The molecule has 2 fully saturated rings. The molecule has 4 rings (SSSR count). The van der Waals surface area contributed by atoms with Gasteiger partial charge < -0.3 is 20.1 Å². The van der Waals surface area contributed by atoms with Gasteiger partial charge in [-0.2, -0.15) is 0 Å². The summed E-state index contributed by atoms with van der Waals surface area (Å²) in [5.41, 5.74) is 0. The van der Waals surface area contributed by atoms with Crippen molar-refractivity contribution in [3.05, 3.63) is 35.3 Å². The van der Waals surface area contributed by atoms with E-state index in [1.165, 1.54) is 17.8 Å². The number of carbonyl (C=O) groups is 1. The Bertz CT molecular complexity index is 731. The number of thiophene rings is 1. The zero-order valence-electron chi connectivity index (χ0n) is 13.3. The molecule has 24 heavy (non-hydrogen) atoms. The summed E-state index contributed by atoms with van der Waals surface area (Å²) in [6.45, 7) is 0. The number of carbonyl (C=O) groups excluding carboxylic acids is 1. The lowest BCUT2D eigenvalue weighted by Gasteiger charge is -2.20. The Morgan fingerprint density at radius 1 is 1.33 bits per heavy atom. The third-order valence-electron chi connectivity index (χ3n) is 4.56. The minimum absolute atomic E-state index is 0.0259. The SMILES string of the molecule is COc1ccc(Oc2ccc(C(=O)N[C@@H]3C[C@H]4CC[C@@H]3N4)s2)cn1. The number of fused-ring (bicyclic) bond motifs is 2. The van der Waals surface area contributed by atoms with Crippen LogP contribution in [0.2, 0.25) is 0 Å². The van der Waals surface area contributed by atoms with Crippen molar-refractivity contribution < 1.29 is 14.3 Å². The van der Waals surface area contributed by atoms with Crippen molar-refractivity contribution in [1.82, 2.24) is 15.6 Å². The number of pyridine rings is 1. The van der Waals surface area contributed by atoms with Gasteiger partial charge >= 0.3 is 0 Å². The second-order valence-electron chi connectivity index (χ2n) is 6.12. The molecule has 0 radical (unpaired) electrons. The number of hydrogen-bond acceptors (Lipinski definition) is 6. The molecule has 2 aliphatic heterocycles. The van der Waals surface area contributed by atoms with E-state index in [1.54, 1.807) is 31.5 Å². The second kappa shape index (κ2) is 6.41. The molecule has 0 spiro atoms. The second-order valence-corrected chi connectivity index (χ2v) is 7.17. The van der Waals surface area contributed by atoms with E-state index >= 15 is 0 Å². The van der Waals surface area contributed by atoms with Crippen molar-refractivity contribution in [2.24, 2.45) is 0 Å². The third kappa shape index (κ3) is 3.09. The number of ether oxygens (including phenoxy) is 2. The fraction of sp³-hybridized carbons (Fsp3) is 0.412. The number of methoxy groups -OCH3 is 1. The molecule has 0 unspecified atom stereocenters. The maximum absolute atomic E-state index is 12.4. The van der Waals surface area contributed by atoms with Gasteiger partial charge in [-0.1, -0.05) is 11.3 Å².